The quantitative estimate of drug-likeness (QED) is 0.628. The minimum absolute atomic E-state index is 0.0686. The Labute approximate surface area is 110 Å². The van der Waals surface area contributed by atoms with Gasteiger partial charge in [-0.15, -0.1) is 0 Å². The molecule has 0 saturated heterocycles. The summed E-state index contributed by atoms with van der Waals surface area (Å²) in [6.45, 7) is 9.15. The van der Waals surface area contributed by atoms with Crippen molar-refractivity contribution in [3.63, 3.8) is 0 Å². The molecule has 2 aliphatic carbocycles. The monoisotopic (exact) mass is 229 g/mol. The topological polar surface area (TPSA) is 0 Å². The first-order valence-corrected chi connectivity index (χ1v) is 7.46. The van der Waals surface area contributed by atoms with Gasteiger partial charge in [-0.1, -0.05) is 52.1 Å². The fourth-order valence-electron chi connectivity index (χ4n) is 4.17. The summed E-state index contributed by atoms with van der Waals surface area (Å²) in [6, 6.07) is 0. The zero-order valence-corrected chi connectivity index (χ0v) is 12.2. The van der Waals surface area contributed by atoms with Gasteiger partial charge in [-0.2, -0.15) is 0 Å². The number of hydrogen-bond donors (Lipinski definition) is 0. The molecule has 0 aliphatic heterocycles. The van der Waals surface area contributed by atoms with Crippen LogP contribution >= 0.6 is 0 Å². The molecule has 93 valence electrons. The summed E-state index contributed by atoms with van der Waals surface area (Å²) in [5, 5.41) is -0.0686. The average Bonchev–Trinajstić information content (AvgIpc) is 2.60. The van der Waals surface area contributed by atoms with Crippen LogP contribution in [0.1, 0.15) is 66.2 Å². The van der Waals surface area contributed by atoms with Crippen LogP contribution < -0.4 is 0 Å². The molecule has 0 aromatic heterocycles. The Morgan fingerprint density at radius 1 is 1.24 bits per heavy atom. The van der Waals surface area contributed by atoms with Crippen LogP contribution in [0.25, 0.3) is 0 Å². The second kappa shape index (κ2) is 4.35. The first kappa shape index (κ1) is 13.6. The van der Waals surface area contributed by atoms with E-state index in [0.717, 1.165) is 6.32 Å². The highest BCUT2D eigenvalue weighted by Gasteiger charge is 2.51. The fourth-order valence-corrected chi connectivity index (χ4v) is 4.17. The summed E-state index contributed by atoms with van der Waals surface area (Å²) in [5.74, 6) is 0.711. The van der Waals surface area contributed by atoms with Crippen LogP contribution in [0, 0.1) is 16.7 Å². The molecule has 0 N–H and O–H groups in total. The number of rotatable bonds is 3. The minimum atomic E-state index is -0.0686. The average molecular weight is 229 g/mol. The van der Waals surface area contributed by atoms with E-state index in [2.05, 4.69) is 35.0 Å². The summed E-state index contributed by atoms with van der Waals surface area (Å²) in [5.41, 5.74) is 0.894. The lowest BCUT2D eigenvalue weighted by molar-refractivity contribution is 0.127. The fraction of sp³-hybridized carbons (Fsp3) is 1.00. The van der Waals surface area contributed by atoms with E-state index in [9.17, 15) is 0 Å². The van der Waals surface area contributed by atoms with E-state index < -0.39 is 0 Å². The largest absolute Gasteiger partial charge is 0.107 e. The molecule has 17 heavy (non-hydrogen) atoms. The molecular weight excluding hydrogens is 202 g/mol. The van der Waals surface area contributed by atoms with E-state index in [1.807, 2.05) is 0 Å². The lowest BCUT2D eigenvalue weighted by atomic mass is 9.29. The number of hydrogen-bond acceptors (Lipinski definition) is 0. The first-order chi connectivity index (χ1) is 7.83. The molecule has 0 heterocycles. The predicted molar refractivity (Wildman–Crippen MR) is 77.8 cm³/mol. The highest BCUT2D eigenvalue weighted by molar-refractivity contribution is 6.54. The summed E-state index contributed by atoms with van der Waals surface area (Å²) < 4.78 is 0. The molecule has 2 heteroatoms. The van der Waals surface area contributed by atoms with Crippen LogP contribution in [0.2, 0.25) is 11.5 Å². The third-order valence-electron chi connectivity index (χ3n) is 5.63. The van der Waals surface area contributed by atoms with Gasteiger partial charge in [-0.25, -0.2) is 0 Å². The van der Waals surface area contributed by atoms with Crippen LogP contribution in [-0.2, 0) is 0 Å². The molecule has 2 atom stereocenters. The molecule has 2 rings (SSSR count). The van der Waals surface area contributed by atoms with Crippen molar-refractivity contribution in [3.05, 3.63) is 0 Å². The Bertz CT molecular complexity index is 275. The van der Waals surface area contributed by atoms with Crippen molar-refractivity contribution in [2.45, 2.75) is 77.8 Å². The molecule has 0 bridgehead atoms. The van der Waals surface area contributed by atoms with Crippen molar-refractivity contribution in [2.24, 2.45) is 16.7 Å². The standard InChI is InChI=1S/C15H27B2/c1-5-17-15(16,13(2,3)4)12-7-10-14(11-12)8-6-9-14/h12H,5-11H2,1-4H3. The van der Waals surface area contributed by atoms with Crippen LogP contribution in [-0.4, -0.2) is 15.1 Å². The molecule has 2 fully saturated rings. The van der Waals surface area contributed by atoms with Gasteiger partial charge >= 0.3 is 0 Å². The van der Waals surface area contributed by atoms with Gasteiger partial charge in [0, 0.05) is 0 Å². The Balaban J connectivity index is 2.12. The zero-order valence-electron chi connectivity index (χ0n) is 12.2. The maximum absolute atomic E-state index is 6.84. The third kappa shape index (κ3) is 2.22. The Kier molecular flexibility index (Phi) is 3.47. The van der Waals surface area contributed by atoms with Crippen molar-refractivity contribution in [2.75, 3.05) is 0 Å². The molecule has 2 unspecified atom stereocenters. The third-order valence-corrected chi connectivity index (χ3v) is 5.63. The van der Waals surface area contributed by atoms with E-state index in [4.69, 9.17) is 7.85 Å². The molecule has 2 aliphatic rings. The van der Waals surface area contributed by atoms with Crippen molar-refractivity contribution >= 4 is 15.1 Å². The van der Waals surface area contributed by atoms with Crippen LogP contribution in [0.3, 0.4) is 0 Å². The van der Waals surface area contributed by atoms with Gasteiger partial charge in [0.25, 0.3) is 0 Å². The van der Waals surface area contributed by atoms with Crippen molar-refractivity contribution in [3.8, 4) is 0 Å². The summed E-state index contributed by atoms with van der Waals surface area (Å²) in [4.78, 5) is 0. The van der Waals surface area contributed by atoms with Crippen LogP contribution in [0.4, 0.5) is 0 Å². The second-order valence-electron chi connectivity index (χ2n) is 7.59. The molecule has 3 radical (unpaired) electrons. The molecular formula is C15H27B2. The normalized spacial score (nSPS) is 30.9. The van der Waals surface area contributed by atoms with E-state index in [1.54, 1.807) is 0 Å². The van der Waals surface area contributed by atoms with Gasteiger partial charge in [-0.3, -0.25) is 0 Å². The molecule has 0 aromatic carbocycles. The van der Waals surface area contributed by atoms with E-state index in [0.29, 0.717) is 11.3 Å². The maximum Gasteiger partial charge on any atom is 0.107 e. The Morgan fingerprint density at radius 3 is 2.24 bits per heavy atom. The van der Waals surface area contributed by atoms with Gasteiger partial charge in [0.05, 0.1) is 7.85 Å². The first-order valence-electron chi connectivity index (χ1n) is 7.46. The Hall–Kier alpha value is 0.130. The summed E-state index contributed by atoms with van der Waals surface area (Å²) in [6.07, 6.45) is 9.66. The smallest absolute Gasteiger partial charge is 0.0836 e. The lowest BCUT2D eigenvalue weighted by Gasteiger charge is -2.49. The van der Waals surface area contributed by atoms with Crippen LogP contribution in [0.5, 0.6) is 0 Å². The van der Waals surface area contributed by atoms with Gasteiger partial charge in [0.2, 0.25) is 0 Å². The van der Waals surface area contributed by atoms with Crippen molar-refractivity contribution in [1.29, 1.82) is 0 Å². The van der Waals surface area contributed by atoms with Crippen molar-refractivity contribution in [1.82, 2.24) is 0 Å². The molecule has 2 saturated carbocycles. The highest BCUT2D eigenvalue weighted by Crippen LogP contribution is 2.63. The predicted octanol–water partition coefficient (Wildman–Crippen LogP) is 4.43. The van der Waals surface area contributed by atoms with Gasteiger partial charge < -0.3 is 0 Å². The summed E-state index contributed by atoms with van der Waals surface area (Å²) >= 11 is 0. The van der Waals surface area contributed by atoms with E-state index >= 15 is 0 Å². The summed E-state index contributed by atoms with van der Waals surface area (Å²) in [7, 11) is 9.23. The van der Waals surface area contributed by atoms with Gasteiger partial charge in [0.15, 0.2) is 0 Å². The highest BCUT2D eigenvalue weighted by atomic mass is 14.5. The minimum Gasteiger partial charge on any atom is -0.0836 e. The van der Waals surface area contributed by atoms with Crippen LogP contribution in [0.15, 0.2) is 0 Å². The zero-order chi connectivity index (χ0) is 12.7. The lowest BCUT2D eigenvalue weighted by Crippen LogP contribution is -2.41. The molecule has 1 spiro atoms. The SMILES string of the molecule is [B]C([B]CC)(C1CCC2(CCC2)C1)C(C)(C)C. The van der Waals surface area contributed by atoms with Crippen molar-refractivity contribution < 1.29 is 0 Å². The Morgan fingerprint density at radius 2 is 1.88 bits per heavy atom. The van der Waals surface area contributed by atoms with E-state index in [-0.39, 0.29) is 10.6 Å². The second-order valence-corrected chi connectivity index (χ2v) is 7.59. The molecule has 0 amide bonds. The molecule has 0 nitrogen and oxygen atoms in total. The van der Waals surface area contributed by atoms with Gasteiger partial charge in [0.1, 0.15) is 7.28 Å². The van der Waals surface area contributed by atoms with Gasteiger partial charge in [-0.05, 0) is 42.4 Å². The molecule has 0 aromatic rings. The maximum atomic E-state index is 6.84. The van der Waals surface area contributed by atoms with E-state index in [1.165, 1.54) is 38.5 Å².